The minimum Gasteiger partial charge on any atom is -0.340 e. The van der Waals surface area contributed by atoms with E-state index in [9.17, 15) is 0 Å². The van der Waals surface area contributed by atoms with Gasteiger partial charge >= 0.3 is 0 Å². The number of nitrogens with zero attached hydrogens (tertiary/aromatic N) is 4. The lowest BCUT2D eigenvalue weighted by atomic mass is 10.3. The molecule has 6 nitrogen and oxygen atoms in total. The highest BCUT2D eigenvalue weighted by Gasteiger charge is 2.00. The quantitative estimate of drug-likeness (QED) is 0.705. The Hall–Kier alpha value is -1.69. The zero-order chi connectivity index (χ0) is 11.2. The molecule has 0 radical (unpaired) electrons. The van der Waals surface area contributed by atoms with Gasteiger partial charge in [-0.25, -0.2) is 4.98 Å². The predicted octanol–water partition coefficient (Wildman–Crippen LogP) is 0.178. The maximum atomic E-state index is 4.89. The molecular formula is C10H15N5O. The molecule has 0 saturated carbocycles. The summed E-state index contributed by atoms with van der Waals surface area (Å²) in [6.45, 7) is 1.74. The Bertz CT molecular complexity index is 409. The van der Waals surface area contributed by atoms with Crippen molar-refractivity contribution in [2.75, 3.05) is 13.1 Å². The molecule has 0 amide bonds. The van der Waals surface area contributed by atoms with E-state index in [-0.39, 0.29) is 0 Å². The first kappa shape index (κ1) is 10.8. The van der Waals surface area contributed by atoms with Gasteiger partial charge in [-0.15, -0.1) is 0 Å². The predicted molar refractivity (Wildman–Crippen MR) is 57.8 cm³/mol. The average molecular weight is 221 g/mol. The molecule has 86 valence electrons. The Morgan fingerprint density at radius 3 is 2.88 bits per heavy atom. The van der Waals surface area contributed by atoms with Gasteiger partial charge in [0.1, 0.15) is 5.82 Å². The van der Waals surface area contributed by atoms with E-state index in [1.165, 1.54) is 6.33 Å². The minimum absolute atomic E-state index is 0.671. The van der Waals surface area contributed by atoms with Crippen molar-refractivity contribution in [3.63, 3.8) is 0 Å². The van der Waals surface area contributed by atoms with Crippen molar-refractivity contribution in [3.05, 3.63) is 30.4 Å². The molecule has 2 heterocycles. The van der Waals surface area contributed by atoms with E-state index in [2.05, 4.69) is 20.4 Å². The molecule has 0 aliphatic heterocycles. The first-order valence-electron chi connectivity index (χ1n) is 5.29. The summed E-state index contributed by atoms with van der Waals surface area (Å²) >= 11 is 0. The topological polar surface area (TPSA) is 68.8 Å². The van der Waals surface area contributed by atoms with Gasteiger partial charge in [-0.3, -0.25) is 0 Å². The fourth-order valence-electron chi connectivity index (χ4n) is 1.46. The molecule has 0 spiro atoms. The lowest BCUT2D eigenvalue weighted by Gasteiger charge is -2.03. The fraction of sp³-hybridized carbons (Fsp3) is 0.500. The molecule has 2 rings (SSSR count). The zero-order valence-electron chi connectivity index (χ0n) is 9.26. The number of aromatic nitrogens is 4. The standard InChI is InChI=1S/C10H15N5O/c1-15-7-6-12-9(15)2-4-11-5-3-10-13-8-14-16-10/h6-8,11H,2-5H2,1H3. The fourth-order valence-corrected chi connectivity index (χ4v) is 1.46. The summed E-state index contributed by atoms with van der Waals surface area (Å²) in [4.78, 5) is 8.19. The number of imidazole rings is 1. The van der Waals surface area contributed by atoms with Crippen LogP contribution in [0.1, 0.15) is 11.7 Å². The van der Waals surface area contributed by atoms with Crippen molar-refractivity contribution in [2.24, 2.45) is 7.05 Å². The second-order valence-electron chi connectivity index (χ2n) is 3.54. The Morgan fingerprint density at radius 1 is 1.31 bits per heavy atom. The molecule has 16 heavy (non-hydrogen) atoms. The van der Waals surface area contributed by atoms with Crippen LogP contribution < -0.4 is 5.32 Å². The van der Waals surface area contributed by atoms with Crippen molar-refractivity contribution < 1.29 is 4.52 Å². The van der Waals surface area contributed by atoms with Gasteiger partial charge in [-0.05, 0) is 0 Å². The van der Waals surface area contributed by atoms with Gasteiger partial charge in [0.2, 0.25) is 5.89 Å². The van der Waals surface area contributed by atoms with E-state index in [1.807, 2.05) is 24.0 Å². The van der Waals surface area contributed by atoms with E-state index in [0.29, 0.717) is 5.89 Å². The van der Waals surface area contributed by atoms with Crippen LogP contribution in [-0.4, -0.2) is 32.8 Å². The molecule has 0 aliphatic carbocycles. The third-order valence-electron chi connectivity index (χ3n) is 2.37. The molecule has 2 aromatic heterocycles. The smallest absolute Gasteiger partial charge is 0.227 e. The molecule has 0 aromatic carbocycles. The van der Waals surface area contributed by atoms with Crippen LogP contribution in [0.5, 0.6) is 0 Å². The van der Waals surface area contributed by atoms with Crippen LogP contribution in [0.4, 0.5) is 0 Å². The molecule has 0 aliphatic rings. The highest BCUT2D eigenvalue weighted by Crippen LogP contribution is 1.94. The Kier molecular flexibility index (Phi) is 3.66. The summed E-state index contributed by atoms with van der Waals surface area (Å²) in [5.74, 6) is 1.76. The van der Waals surface area contributed by atoms with Crippen LogP contribution >= 0.6 is 0 Å². The van der Waals surface area contributed by atoms with Crippen LogP contribution in [0.2, 0.25) is 0 Å². The monoisotopic (exact) mass is 221 g/mol. The molecule has 1 N–H and O–H groups in total. The highest BCUT2D eigenvalue weighted by atomic mass is 16.5. The molecule has 0 fully saturated rings. The van der Waals surface area contributed by atoms with Gasteiger partial charge in [0.15, 0.2) is 6.33 Å². The molecule has 0 saturated heterocycles. The summed E-state index contributed by atoms with van der Waals surface area (Å²) < 4.78 is 6.91. The maximum absolute atomic E-state index is 4.89. The third kappa shape index (κ3) is 2.90. The second kappa shape index (κ2) is 5.41. The molecule has 6 heteroatoms. The lowest BCUT2D eigenvalue weighted by Crippen LogP contribution is -2.21. The van der Waals surface area contributed by atoms with Gasteiger partial charge in [-0.2, -0.15) is 4.98 Å². The number of rotatable bonds is 6. The van der Waals surface area contributed by atoms with Crippen molar-refractivity contribution in [1.82, 2.24) is 25.0 Å². The van der Waals surface area contributed by atoms with Gasteiger partial charge in [0, 0.05) is 45.4 Å². The average Bonchev–Trinajstić information content (AvgIpc) is 2.90. The van der Waals surface area contributed by atoms with Crippen LogP contribution in [0.3, 0.4) is 0 Å². The zero-order valence-corrected chi connectivity index (χ0v) is 9.26. The summed E-state index contributed by atoms with van der Waals surface area (Å²) in [5, 5.41) is 6.85. The number of aryl methyl sites for hydroxylation is 1. The Balaban J connectivity index is 1.61. The van der Waals surface area contributed by atoms with Gasteiger partial charge in [0.05, 0.1) is 0 Å². The largest absolute Gasteiger partial charge is 0.340 e. The second-order valence-corrected chi connectivity index (χ2v) is 3.54. The number of hydrogen-bond donors (Lipinski definition) is 1. The molecule has 0 atom stereocenters. The van der Waals surface area contributed by atoms with Gasteiger partial charge in [0.25, 0.3) is 0 Å². The summed E-state index contributed by atoms with van der Waals surface area (Å²) in [6.07, 6.45) is 6.87. The van der Waals surface area contributed by atoms with Crippen LogP contribution in [0, 0.1) is 0 Å². The first-order chi connectivity index (χ1) is 7.86. The Morgan fingerprint density at radius 2 is 2.19 bits per heavy atom. The lowest BCUT2D eigenvalue weighted by molar-refractivity contribution is 0.375. The van der Waals surface area contributed by atoms with Gasteiger partial charge in [-0.1, -0.05) is 5.16 Å². The van der Waals surface area contributed by atoms with Crippen LogP contribution in [0.25, 0.3) is 0 Å². The highest BCUT2D eigenvalue weighted by molar-refractivity contribution is 4.91. The Labute approximate surface area is 93.7 Å². The van der Waals surface area contributed by atoms with Crippen molar-refractivity contribution in [2.45, 2.75) is 12.8 Å². The van der Waals surface area contributed by atoms with Crippen LogP contribution in [0.15, 0.2) is 23.2 Å². The van der Waals surface area contributed by atoms with Gasteiger partial charge < -0.3 is 14.4 Å². The minimum atomic E-state index is 0.671. The number of hydrogen-bond acceptors (Lipinski definition) is 5. The van der Waals surface area contributed by atoms with Crippen LogP contribution in [-0.2, 0) is 19.9 Å². The summed E-state index contributed by atoms with van der Waals surface area (Å²) in [6, 6.07) is 0. The molecule has 2 aromatic rings. The molecular weight excluding hydrogens is 206 g/mol. The number of nitrogens with one attached hydrogen (secondary N) is 1. The first-order valence-corrected chi connectivity index (χ1v) is 5.29. The van der Waals surface area contributed by atoms with E-state index >= 15 is 0 Å². The van der Waals surface area contributed by atoms with E-state index in [0.717, 1.165) is 31.8 Å². The van der Waals surface area contributed by atoms with E-state index < -0.39 is 0 Å². The third-order valence-corrected chi connectivity index (χ3v) is 2.37. The summed E-state index contributed by atoms with van der Waals surface area (Å²) in [5.41, 5.74) is 0. The molecule has 0 unspecified atom stereocenters. The van der Waals surface area contributed by atoms with E-state index in [1.54, 1.807) is 0 Å². The van der Waals surface area contributed by atoms with Crippen molar-refractivity contribution in [1.29, 1.82) is 0 Å². The normalized spacial score (nSPS) is 10.8. The maximum Gasteiger partial charge on any atom is 0.227 e. The SMILES string of the molecule is Cn1ccnc1CCNCCc1ncno1. The van der Waals surface area contributed by atoms with E-state index in [4.69, 9.17) is 4.52 Å². The molecule has 0 bridgehead atoms. The summed E-state index contributed by atoms with van der Waals surface area (Å²) in [7, 11) is 2.00. The van der Waals surface area contributed by atoms with Crippen molar-refractivity contribution in [3.8, 4) is 0 Å². The van der Waals surface area contributed by atoms with Crippen molar-refractivity contribution >= 4 is 0 Å².